The van der Waals surface area contributed by atoms with Crippen molar-refractivity contribution in [2.75, 3.05) is 11.9 Å². The number of carbonyl (C=O) groups excluding carboxylic acids is 1. The summed E-state index contributed by atoms with van der Waals surface area (Å²) >= 11 is 0. The van der Waals surface area contributed by atoms with E-state index in [0.29, 0.717) is 11.4 Å². The maximum atomic E-state index is 11.7. The third-order valence-electron chi connectivity index (χ3n) is 3.87. The zero-order valence-electron chi connectivity index (χ0n) is 13.4. The molecule has 1 aromatic carbocycles. The van der Waals surface area contributed by atoms with Crippen molar-refractivity contribution in [3.8, 4) is 6.07 Å². The minimum absolute atomic E-state index is 0.0290. The third kappa shape index (κ3) is 2.86. The molecule has 0 radical (unpaired) electrons. The second-order valence-corrected chi connectivity index (χ2v) is 5.32. The molecule has 0 aliphatic heterocycles. The van der Waals surface area contributed by atoms with Gasteiger partial charge in [0.25, 0.3) is 0 Å². The first-order valence-electron chi connectivity index (χ1n) is 7.26. The predicted octanol–water partition coefficient (Wildman–Crippen LogP) is 2.82. The Morgan fingerprint density at radius 2 is 2.09 bits per heavy atom. The van der Waals surface area contributed by atoms with Crippen LogP contribution in [-0.2, 0) is 11.8 Å². The van der Waals surface area contributed by atoms with E-state index in [1.165, 1.54) is 6.92 Å². The molecule has 0 aliphatic rings. The number of benzene rings is 1. The summed E-state index contributed by atoms with van der Waals surface area (Å²) in [7, 11) is 3.56. The molecule has 22 heavy (non-hydrogen) atoms. The molecule has 1 atom stereocenters. The van der Waals surface area contributed by atoms with Gasteiger partial charge >= 0.3 is 0 Å². The second kappa shape index (κ2) is 6.44. The quantitative estimate of drug-likeness (QED) is 0.871. The standard InChI is InChI=1S/C17H20N4O/c1-5-14(15-9-7-6-8-13(15)10-18)16-11-20(3)19-17(16)21(4)12(2)22/h6-9,11,14H,5H2,1-4H3/t14-/m1/s1. The Balaban J connectivity index is 2.58. The van der Waals surface area contributed by atoms with Crippen LogP contribution in [0.2, 0.25) is 0 Å². The number of hydrogen-bond donors (Lipinski definition) is 0. The first-order chi connectivity index (χ1) is 10.5. The predicted molar refractivity (Wildman–Crippen MR) is 85.6 cm³/mol. The summed E-state index contributed by atoms with van der Waals surface area (Å²) in [6.45, 7) is 3.59. The van der Waals surface area contributed by atoms with Gasteiger partial charge in [-0.05, 0) is 18.1 Å². The zero-order chi connectivity index (χ0) is 16.3. The molecule has 0 bridgehead atoms. The zero-order valence-corrected chi connectivity index (χ0v) is 13.4. The Bertz CT molecular complexity index is 727. The highest BCUT2D eigenvalue weighted by Gasteiger charge is 2.24. The van der Waals surface area contributed by atoms with E-state index in [9.17, 15) is 10.1 Å². The van der Waals surface area contributed by atoms with Crippen LogP contribution in [0.3, 0.4) is 0 Å². The Morgan fingerprint density at radius 3 is 2.68 bits per heavy atom. The molecule has 0 N–H and O–H groups in total. The lowest BCUT2D eigenvalue weighted by Crippen LogP contribution is -2.25. The van der Waals surface area contributed by atoms with Crippen molar-refractivity contribution in [1.29, 1.82) is 5.26 Å². The Morgan fingerprint density at radius 1 is 1.41 bits per heavy atom. The van der Waals surface area contributed by atoms with Crippen molar-refractivity contribution in [2.45, 2.75) is 26.2 Å². The molecule has 1 amide bonds. The van der Waals surface area contributed by atoms with Crippen molar-refractivity contribution in [3.05, 3.63) is 47.2 Å². The smallest absolute Gasteiger partial charge is 0.224 e. The van der Waals surface area contributed by atoms with Gasteiger partial charge in [-0.3, -0.25) is 14.4 Å². The van der Waals surface area contributed by atoms with Gasteiger partial charge in [0.05, 0.1) is 11.6 Å². The normalized spacial score (nSPS) is 11.8. The van der Waals surface area contributed by atoms with E-state index in [-0.39, 0.29) is 11.8 Å². The summed E-state index contributed by atoms with van der Waals surface area (Å²) in [6, 6.07) is 9.84. The first-order valence-corrected chi connectivity index (χ1v) is 7.26. The van der Waals surface area contributed by atoms with Crippen molar-refractivity contribution in [2.24, 2.45) is 7.05 Å². The van der Waals surface area contributed by atoms with Crippen LogP contribution in [0.25, 0.3) is 0 Å². The molecule has 5 nitrogen and oxygen atoms in total. The lowest BCUT2D eigenvalue weighted by atomic mass is 9.87. The molecule has 0 aliphatic carbocycles. The van der Waals surface area contributed by atoms with Crippen molar-refractivity contribution < 1.29 is 4.79 Å². The van der Waals surface area contributed by atoms with Crippen LogP contribution in [0.1, 0.15) is 42.9 Å². The van der Waals surface area contributed by atoms with E-state index < -0.39 is 0 Å². The van der Waals surface area contributed by atoms with E-state index in [2.05, 4.69) is 18.1 Å². The topological polar surface area (TPSA) is 61.9 Å². The van der Waals surface area contributed by atoms with E-state index in [4.69, 9.17) is 0 Å². The van der Waals surface area contributed by atoms with Crippen LogP contribution in [0.15, 0.2) is 30.5 Å². The van der Waals surface area contributed by atoms with E-state index in [1.807, 2.05) is 37.5 Å². The molecule has 2 aromatic rings. The van der Waals surface area contributed by atoms with E-state index >= 15 is 0 Å². The van der Waals surface area contributed by atoms with Gasteiger partial charge in [-0.15, -0.1) is 0 Å². The van der Waals surface area contributed by atoms with E-state index in [1.54, 1.807) is 16.6 Å². The maximum absolute atomic E-state index is 11.7. The Labute approximate surface area is 130 Å². The molecule has 0 spiro atoms. The average Bonchev–Trinajstić information content (AvgIpc) is 2.89. The monoisotopic (exact) mass is 296 g/mol. The number of rotatable bonds is 4. The van der Waals surface area contributed by atoms with Gasteiger partial charge in [0.1, 0.15) is 0 Å². The number of aromatic nitrogens is 2. The number of anilines is 1. The molecular formula is C17H20N4O. The van der Waals surface area contributed by atoms with Gasteiger partial charge < -0.3 is 0 Å². The summed E-state index contributed by atoms with van der Waals surface area (Å²) < 4.78 is 1.71. The molecule has 2 rings (SSSR count). The summed E-state index contributed by atoms with van der Waals surface area (Å²) in [5, 5.41) is 13.8. The number of carbonyl (C=O) groups is 1. The number of hydrogen-bond acceptors (Lipinski definition) is 3. The summed E-state index contributed by atoms with van der Waals surface area (Å²) in [6.07, 6.45) is 2.75. The van der Waals surface area contributed by atoms with Gasteiger partial charge in [0.2, 0.25) is 5.91 Å². The van der Waals surface area contributed by atoms with Crippen molar-refractivity contribution >= 4 is 11.7 Å². The molecular weight excluding hydrogens is 276 g/mol. The fraction of sp³-hybridized carbons (Fsp3) is 0.353. The fourth-order valence-electron chi connectivity index (χ4n) is 2.66. The Kier molecular flexibility index (Phi) is 4.62. The lowest BCUT2D eigenvalue weighted by Gasteiger charge is -2.20. The van der Waals surface area contributed by atoms with Crippen LogP contribution in [0.5, 0.6) is 0 Å². The van der Waals surface area contributed by atoms with Gasteiger partial charge in [0.15, 0.2) is 5.82 Å². The van der Waals surface area contributed by atoms with Gasteiger partial charge in [0, 0.05) is 38.7 Å². The van der Waals surface area contributed by atoms with Crippen molar-refractivity contribution in [3.63, 3.8) is 0 Å². The Hall–Kier alpha value is -2.61. The summed E-state index contributed by atoms with van der Waals surface area (Å²) in [5.74, 6) is 0.610. The first kappa shape index (κ1) is 15.8. The molecule has 0 saturated heterocycles. The maximum Gasteiger partial charge on any atom is 0.224 e. The number of amides is 1. The molecule has 0 saturated carbocycles. The van der Waals surface area contributed by atoms with Crippen molar-refractivity contribution in [1.82, 2.24) is 9.78 Å². The van der Waals surface area contributed by atoms with Crippen LogP contribution < -0.4 is 4.90 Å². The largest absolute Gasteiger partial charge is 0.298 e. The van der Waals surface area contributed by atoms with Crippen LogP contribution in [0, 0.1) is 11.3 Å². The van der Waals surface area contributed by atoms with Gasteiger partial charge in [-0.1, -0.05) is 25.1 Å². The molecule has 1 heterocycles. The lowest BCUT2D eigenvalue weighted by molar-refractivity contribution is -0.116. The number of aryl methyl sites for hydroxylation is 1. The average molecular weight is 296 g/mol. The molecule has 5 heteroatoms. The fourth-order valence-corrected chi connectivity index (χ4v) is 2.66. The summed E-state index contributed by atoms with van der Waals surface area (Å²) in [5.41, 5.74) is 2.60. The van der Waals surface area contributed by atoms with Crippen LogP contribution in [0.4, 0.5) is 5.82 Å². The molecule has 1 aromatic heterocycles. The molecule has 0 unspecified atom stereocenters. The molecule has 114 valence electrons. The van der Waals surface area contributed by atoms with Crippen LogP contribution >= 0.6 is 0 Å². The second-order valence-electron chi connectivity index (χ2n) is 5.32. The van der Waals surface area contributed by atoms with Crippen LogP contribution in [-0.4, -0.2) is 22.7 Å². The highest BCUT2D eigenvalue weighted by molar-refractivity contribution is 5.90. The SMILES string of the molecule is CC[C@H](c1ccccc1C#N)c1cn(C)nc1N(C)C(C)=O. The minimum atomic E-state index is -0.0663. The van der Waals surface area contributed by atoms with E-state index in [0.717, 1.165) is 17.5 Å². The number of nitrogens with zero attached hydrogens (tertiary/aromatic N) is 4. The van der Waals surface area contributed by atoms with Gasteiger partial charge in [-0.2, -0.15) is 10.4 Å². The minimum Gasteiger partial charge on any atom is -0.298 e. The third-order valence-corrected chi connectivity index (χ3v) is 3.87. The van der Waals surface area contributed by atoms with Gasteiger partial charge in [-0.25, -0.2) is 0 Å². The molecule has 0 fully saturated rings. The highest BCUT2D eigenvalue weighted by atomic mass is 16.2. The summed E-state index contributed by atoms with van der Waals surface area (Å²) in [4.78, 5) is 13.2. The number of nitriles is 1. The highest BCUT2D eigenvalue weighted by Crippen LogP contribution is 2.35.